The van der Waals surface area contributed by atoms with E-state index in [9.17, 15) is 0 Å². The minimum absolute atomic E-state index is 0.574. The van der Waals surface area contributed by atoms with Gasteiger partial charge in [0.2, 0.25) is 0 Å². The molecule has 1 nitrogen and oxygen atoms in total. The maximum atomic E-state index is 3.68. The molecule has 2 unspecified atom stereocenters. The maximum Gasteiger partial charge on any atom is 0.0322 e. The summed E-state index contributed by atoms with van der Waals surface area (Å²) in [6.45, 7) is 6.78. The topological polar surface area (TPSA) is 12.0 Å². The fourth-order valence-electron chi connectivity index (χ4n) is 2.51. The van der Waals surface area contributed by atoms with Gasteiger partial charge >= 0.3 is 0 Å². The van der Waals surface area contributed by atoms with Crippen LogP contribution in [0.3, 0.4) is 0 Å². The molecule has 0 bridgehead atoms. The summed E-state index contributed by atoms with van der Waals surface area (Å²) in [6, 6.07) is 10.4. The first-order valence-corrected chi connectivity index (χ1v) is 6.52. The summed E-state index contributed by atoms with van der Waals surface area (Å²) in [4.78, 5) is 0. The van der Waals surface area contributed by atoms with Crippen molar-refractivity contribution in [2.75, 3.05) is 0 Å². The van der Waals surface area contributed by atoms with Gasteiger partial charge in [-0.25, -0.2) is 0 Å². The molecule has 0 amide bonds. The fourth-order valence-corrected chi connectivity index (χ4v) is 2.51. The highest BCUT2D eigenvalue weighted by molar-refractivity contribution is 5.27. The van der Waals surface area contributed by atoms with E-state index in [0.717, 1.165) is 0 Å². The van der Waals surface area contributed by atoms with Crippen molar-refractivity contribution >= 4 is 0 Å². The Morgan fingerprint density at radius 1 is 1.12 bits per heavy atom. The third-order valence-corrected chi connectivity index (χ3v) is 3.62. The Balaban J connectivity index is 2.09. The first kappa shape index (κ1) is 11.7. The average molecular weight is 217 g/mol. The molecule has 1 N–H and O–H groups in total. The fraction of sp³-hybridized carbons (Fsp3) is 0.600. The number of piperidine rings is 1. The number of rotatable bonds is 2. The zero-order chi connectivity index (χ0) is 11.5. The van der Waals surface area contributed by atoms with Gasteiger partial charge in [0.1, 0.15) is 0 Å². The molecule has 1 heteroatoms. The molecule has 1 heterocycles. The molecule has 1 aliphatic rings. The first-order chi connectivity index (χ1) is 7.66. The Morgan fingerprint density at radius 2 is 1.81 bits per heavy atom. The van der Waals surface area contributed by atoms with Crippen LogP contribution in [0.4, 0.5) is 0 Å². The van der Waals surface area contributed by atoms with Gasteiger partial charge in [-0.2, -0.15) is 0 Å². The molecule has 1 saturated heterocycles. The Kier molecular flexibility index (Phi) is 3.65. The van der Waals surface area contributed by atoms with Crippen LogP contribution in [0.5, 0.6) is 0 Å². The van der Waals surface area contributed by atoms with E-state index in [-0.39, 0.29) is 0 Å². The van der Waals surface area contributed by atoms with E-state index in [1.807, 2.05) is 0 Å². The van der Waals surface area contributed by atoms with Crippen molar-refractivity contribution in [1.29, 1.82) is 0 Å². The maximum absolute atomic E-state index is 3.68. The highest BCUT2D eigenvalue weighted by atomic mass is 15.0. The monoisotopic (exact) mass is 217 g/mol. The molecular formula is C15H23N. The molecule has 2 rings (SSSR count). The summed E-state index contributed by atoms with van der Waals surface area (Å²) in [5, 5.41) is 3.68. The van der Waals surface area contributed by atoms with Gasteiger partial charge in [-0.1, -0.05) is 44.5 Å². The molecule has 1 aliphatic heterocycles. The predicted molar refractivity (Wildman–Crippen MR) is 69.7 cm³/mol. The van der Waals surface area contributed by atoms with Crippen LogP contribution >= 0.6 is 0 Å². The SMILES string of the molecule is CC1CCCC(c2ccc(C(C)C)cc2)N1. The van der Waals surface area contributed by atoms with Crippen molar-refractivity contribution in [2.24, 2.45) is 0 Å². The summed E-state index contributed by atoms with van der Waals surface area (Å²) in [7, 11) is 0. The summed E-state index contributed by atoms with van der Waals surface area (Å²) < 4.78 is 0. The van der Waals surface area contributed by atoms with Crippen LogP contribution in [-0.2, 0) is 0 Å². The van der Waals surface area contributed by atoms with Crippen molar-refractivity contribution < 1.29 is 0 Å². The van der Waals surface area contributed by atoms with Crippen LogP contribution in [0.25, 0.3) is 0 Å². The van der Waals surface area contributed by atoms with Crippen LogP contribution in [0, 0.1) is 0 Å². The average Bonchev–Trinajstić information content (AvgIpc) is 2.29. The van der Waals surface area contributed by atoms with Gasteiger partial charge in [0.15, 0.2) is 0 Å². The molecule has 16 heavy (non-hydrogen) atoms. The summed E-state index contributed by atoms with van der Waals surface area (Å²) in [6.07, 6.45) is 3.96. The predicted octanol–water partition coefficient (Wildman–Crippen LogP) is 4.01. The zero-order valence-corrected chi connectivity index (χ0v) is 10.7. The van der Waals surface area contributed by atoms with Crippen LogP contribution in [-0.4, -0.2) is 6.04 Å². The highest BCUT2D eigenvalue weighted by Crippen LogP contribution is 2.26. The second-order valence-corrected chi connectivity index (χ2v) is 5.37. The molecule has 0 aromatic heterocycles. The van der Waals surface area contributed by atoms with Gasteiger partial charge in [0, 0.05) is 12.1 Å². The number of hydrogen-bond donors (Lipinski definition) is 1. The number of nitrogens with one attached hydrogen (secondary N) is 1. The number of hydrogen-bond acceptors (Lipinski definition) is 1. The van der Waals surface area contributed by atoms with E-state index in [1.165, 1.54) is 30.4 Å². The second kappa shape index (κ2) is 5.01. The molecule has 0 saturated carbocycles. The van der Waals surface area contributed by atoms with Gasteiger partial charge in [-0.15, -0.1) is 0 Å². The minimum atomic E-state index is 0.574. The normalized spacial score (nSPS) is 26.0. The van der Waals surface area contributed by atoms with E-state index in [1.54, 1.807) is 0 Å². The third kappa shape index (κ3) is 2.65. The second-order valence-electron chi connectivity index (χ2n) is 5.37. The molecule has 0 radical (unpaired) electrons. The lowest BCUT2D eigenvalue weighted by molar-refractivity contribution is 0.341. The molecule has 1 aromatic carbocycles. The van der Waals surface area contributed by atoms with Crippen molar-refractivity contribution in [2.45, 2.75) is 58.0 Å². The Labute approximate surface area is 99.3 Å². The minimum Gasteiger partial charge on any atom is -0.307 e. The standard InChI is InChI=1S/C15H23N/c1-11(2)13-7-9-14(10-8-13)15-6-4-5-12(3)16-15/h7-12,15-16H,4-6H2,1-3H3. The molecule has 0 aliphatic carbocycles. The summed E-state index contributed by atoms with van der Waals surface area (Å²) >= 11 is 0. The van der Waals surface area contributed by atoms with Crippen molar-refractivity contribution in [3.63, 3.8) is 0 Å². The van der Waals surface area contributed by atoms with Gasteiger partial charge < -0.3 is 5.32 Å². The lowest BCUT2D eigenvalue weighted by Crippen LogP contribution is -2.34. The van der Waals surface area contributed by atoms with E-state index in [4.69, 9.17) is 0 Å². The van der Waals surface area contributed by atoms with E-state index in [2.05, 4.69) is 50.4 Å². The largest absolute Gasteiger partial charge is 0.307 e. The van der Waals surface area contributed by atoms with Gasteiger partial charge in [0.25, 0.3) is 0 Å². The van der Waals surface area contributed by atoms with Crippen molar-refractivity contribution in [1.82, 2.24) is 5.32 Å². The van der Waals surface area contributed by atoms with Gasteiger partial charge in [0.05, 0.1) is 0 Å². The van der Waals surface area contributed by atoms with E-state index >= 15 is 0 Å². The Morgan fingerprint density at radius 3 is 2.38 bits per heavy atom. The highest BCUT2D eigenvalue weighted by Gasteiger charge is 2.18. The van der Waals surface area contributed by atoms with Crippen molar-refractivity contribution in [3.8, 4) is 0 Å². The molecule has 88 valence electrons. The molecule has 1 fully saturated rings. The first-order valence-electron chi connectivity index (χ1n) is 6.52. The third-order valence-electron chi connectivity index (χ3n) is 3.62. The van der Waals surface area contributed by atoms with Crippen LogP contribution in [0.1, 0.15) is 63.1 Å². The van der Waals surface area contributed by atoms with Gasteiger partial charge in [-0.3, -0.25) is 0 Å². The lowest BCUT2D eigenvalue weighted by atomic mass is 9.92. The quantitative estimate of drug-likeness (QED) is 0.789. The van der Waals surface area contributed by atoms with E-state index in [0.29, 0.717) is 18.0 Å². The number of benzene rings is 1. The van der Waals surface area contributed by atoms with Gasteiger partial charge in [-0.05, 0) is 36.8 Å². The molecular weight excluding hydrogens is 194 g/mol. The van der Waals surface area contributed by atoms with Crippen LogP contribution in [0.15, 0.2) is 24.3 Å². The Bertz CT molecular complexity index is 326. The zero-order valence-electron chi connectivity index (χ0n) is 10.7. The molecule has 1 aromatic rings. The molecule has 2 atom stereocenters. The van der Waals surface area contributed by atoms with Crippen molar-refractivity contribution in [3.05, 3.63) is 35.4 Å². The molecule has 0 spiro atoms. The van der Waals surface area contributed by atoms with Crippen LogP contribution < -0.4 is 5.32 Å². The summed E-state index contributed by atoms with van der Waals surface area (Å²) in [5.41, 5.74) is 2.89. The lowest BCUT2D eigenvalue weighted by Gasteiger charge is -2.29. The smallest absolute Gasteiger partial charge is 0.0322 e. The Hall–Kier alpha value is -0.820. The van der Waals surface area contributed by atoms with E-state index < -0.39 is 0 Å². The van der Waals surface area contributed by atoms with Crippen LogP contribution in [0.2, 0.25) is 0 Å². The summed E-state index contributed by atoms with van der Waals surface area (Å²) in [5.74, 6) is 0.632.